The highest BCUT2D eigenvalue weighted by Crippen LogP contribution is 2.20. The minimum atomic E-state index is -0.244. The van der Waals surface area contributed by atoms with E-state index in [0.29, 0.717) is 6.42 Å². The van der Waals surface area contributed by atoms with Gasteiger partial charge in [-0.2, -0.15) is 0 Å². The molecular formula is C13H19BrFNO. The molecule has 96 valence electrons. The van der Waals surface area contributed by atoms with Gasteiger partial charge in [-0.25, -0.2) is 4.39 Å². The third-order valence-electron chi connectivity index (χ3n) is 2.82. The van der Waals surface area contributed by atoms with Crippen LogP contribution >= 0.6 is 15.9 Å². The van der Waals surface area contributed by atoms with Crippen LogP contribution in [0.25, 0.3) is 0 Å². The van der Waals surface area contributed by atoms with Gasteiger partial charge in [-0.1, -0.05) is 35.3 Å². The minimum Gasteiger partial charge on any atom is -0.380 e. The van der Waals surface area contributed by atoms with Crippen molar-refractivity contribution in [1.29, 1.82) is 0 Å². The van der Waals surface area contributed by atoms with Gasteiger partial charge in [0, 0.05) is 17.6 Å². The summed E-state index contributed by atoms with van der Waals surface area (Å²) in [5.41, 5.74) is 7.13. The lowest BCUT2D eigenvalue weighted by Gasteiger charge is -2.22. The second-order valence-electron chi connectivity index (χ2n) is 4.17. The molecule has 2 N–H and O–H groups in total. The van der Waals surface area contributed by atoms with Gasteiger partial charge < -0.3 is 10.5 Å². The number of hydrogen-bond acceptors (Lipinski definition) is 2. The van der Waals surface area contributed by atoms with Crippen molar-refractivity contribution in [1.82, 2.24) is 0 Å². The van der Waals surface area contributed by atoms with E-state index < -0.39 is 0 Å². The number of halogens is 2. The van der Waals surface area contributed by atoms with Crippen molar-refractivity contribution < 1.29 is 9.13 Å². The fourth-order valence-corrected chi connectivity index (χ4v) is 2.38. The van der Waals surface area contributed by atoms with Gasteiger partial charge >= 0.3 is 0 Å². The molecule has 0 bridgehead atoms. The van der Waals surface area contributed by atoms with Gasteiger partial charge in [0.1, 0.15) is 5.82 Å². The maximum absolute atomic E-state index is 12.9. The Labute approximate surface area is 110 Å². The smallest absolute Gasteiger partial charge is 0.124 e. The van der Waals surface area contributed by atoms with Crippen molar-refractivity contribution in [2.24, 2.45) is 5.73 Å². The molecule has 0 spiro atoms. The number of benzene rings is 1. The van der Waals surface area contributed by atoms with E-state index in [1.165, 1.54) is 12.1 Å². The second-order valence-corrected chi connectivity index (χ2v) is 5.02. The summed E-state index contributed by atoms with van der Waals surface area (Å²) in [6.45, 7) is 2.10. The molecule has 0 saturated carbocycles. The summed E-state index contributed by atoms with van der Waals surface area (Å²) in [6, 6.07) is 4.61. The number of hydrogen-bond donors (Lipinski definition) is 1. The molecule has 1 rings (SSSR count). The van der Waals surface area contributed by atoms with E-state index in [1.54, 1.807) is 13.2 Å². The molecule has 2 atom stereocenters. The molecule has 0 aromatic heterocycles. The summed E-state index contributed by atoms with van der Waals surface area (Å²) in [5, 5.41) is 0. The van der Waals surface area contributed by atoms with E-state index in [4.69, 9.17) is 10.5 Å². The maximum Gasteiger partial charge on any atom is 0.124 e. The summed E-state index contributed by atoms with van der Waals surface area (Å²) in [5.74, 6) is -0.244. The molecule has 0 amide bonds. The molecule has 1 aromatic rings. The van der Waals surface area contributed by atoms with Gasteiger partial charge in [-0.15, -0.1) is 0 Å². The monoisotopic (exact) mass is 303 g/mol. The van der Waals surface area contributed by atoms with Gasteiger partial charge in [-0.3, -0.25) is 0 Å². The molecule has 0 aliphatic heterocycles. The average Bonchev–Trinajstić information content (AvgIpc) is 2.29. The molecule has 2 unspecified atom stereocenters. The molecule has 0 saturated heterocycles. The molecular weight excluding hydrogens is 285 g/mol. The van der Waals surface area contributed by atoms with Crippen LogP contribution < -0.4 is 5.73 Å². The normalized spacial score (nSPS) is 14.6. The van der Waals surface area contributed by atoms with Crippen molar-refractivity contribution in [3.8, 4) is 0 Å². The number of methoxy groups -OCH3 is 1. The topological polar surface area (TPSA) is 35.2 Å². The Bertz CT molecular complexity index is 359. The summed E-state index contributed by atoms with van der Waals surface area (Å²) in [6.07, 6.45) is 2.71. The summed E-state index contributed by atoms with van der Waals surface area (Å²) in [4.78, 5) is 0. The third kappa shape index (κ3) is 4.37. The molecule has 2 nitrogen and oxygen atoms in total. The van der Waals surface area contributed by atoms with Crippen LogP contribution in [0, 0.1) is 5.82 Å². The molecule has 4 heteroatoms. The first kappa shape index (κ1) is 14.6. The zero-order valence-corrected chi connectivity index (χ0v) is 11.8. The first-order chi connectivity index (χ1) is 8.08. The SMILES string of the molecule is CCCC(OC)C(N)Cc1ccc(F)cc1Br. The van der Waals surface area contributed by atoms with Crippen molar-refractivity contribution in [2.45, 2.75) is 38.3 Å². The van der Waals surface area contributed by atoms with E-state index in [1.807, 2.05) is 0 Å². The standard InChI is InChI=1S/C13H19BrFNO/c1-3-4-13(17-2)12(16)7-9-5-6-10(15)8-11(9)14/h5-6,8,12-13H,3-4,7,16H2,1-2H3. The van der Waals surface area contributed by atoms with Crippen LogP contribution in [0.5, 0.6) is 0 Å². The molecule has 1 aromatic carbocycles. The summed E-state index contributed by atoms with van der Waals surface area (Å²) >= 11 is 3.35. The zero-order valence-electron chi connectivity index (χ0n) is 10.2. The van der Waals surface area contributed by atoms with E-state index in [0.717, 1.165) is 22.9 Å². The van der Waals surface area contributed by atoms with Gasteiger partial charge in [0.2, 0.25) is 0 Å². The average molecular weight is 304 g/mol. The van der Waals surface area contributed by atoms with Crippen LogP contribution in [0.4, 0.5) is 4.39 Å². The highest BCUT2D eigenvalue weighted by molar-refractivity contribution is 9.10. The van der Waals surface area contributed by atoms with E-state index in [2.05, 4.69) is 22.9 Å². The molecule has 0 aliphatic carbocycles. The van der Waals surface area contributed by atoms with Crippen LogP contribution in [0.3, 0.4) is 0 Å². The Kier molecular flexibility index (Phi) is 6.09. The van der Waals surface area contributed by atoms with Crippen LogP contribution in [0.15, 0.2) is 22.7 Å². The summed E-state index contributed by atoms with van der Waals surface area (Å²) in [7, 11) is 1.68. The number of nitrogens with two attached hydrogens (primary N) is 1. The first-order valence-electron chi connectivity index (χ1n) is 5.80. The van der Waals surface area contributed by atoms with E-state index >= 15 is 0 Å². The van der Waals surface area contributed by atoms with Gasteiger partial charge in [-0.05, 0) is 30.5 Å². The van der Waals surface area contributed by atoms with Gasteiger partial charge in [0.25, 0.3) is 0 Å². The van der Waals surface area contributed by atoms with Gasteiger partial charge in [0.15, 0.2) is 0 Å². The first-order valence-corrected chi connectivity index (χ1v) is 6.60. The van der Waals surface area contributed by atoms with Gasteiger partial charge in [0.05, 0.1) is 6.10 Å². The maximum atomic E-state index is 12.9. The highest BCUT2D eigenvalue weighted by atomic mass is 79.9. The Balaban J connectivity index is 2.69. The Morgan fingerprint density at radius 2 is 2.18 bits per heavy atom. The minimum absolute atomic E-state index is 0.0527. The predicted octanol–water partition coefficient (Wildman–Crippen LogP) is 3.27. The van der Waals surface area contributed by atoms with Crippen LogP contribution in [-0.4, -0.2) is 19.3 Å². The summed E-state index contributed by atoms with van der Waals surface area (Å²) < 4.78 is 19.1. The third-order valence-corrected chi connectivity index (χ3v) is 3.56. The fourth-order valence-electron chi connectivity index (χ4n) is 1.86. The molecule has 0 radical (unpaired) electrons. The van der Waals surface area contributed by atoms with Crippen molar-refractivity contribution >= 4 is 15.9 Å². The van der Waals surface area contributed by atoms with Crippen LogP contribution in [0.2, 0.25) is 0 Å². The van der Waals surface area contributed by atoms with E-state index in [-0.39, 0.29) is 18.0 Å². The zero-order chi connectivity index (χ0) is 12.8. The lowest BCUT2D eigenvalue weighted by molar-refractivity contribution is 0.0726. The fraction of sp³-hybridized carbons (Fsp3) is 0.538. The number of ether oxygens (including phenoxy) is 1. The van der Waals surface area contributed by atoms with Crippen molar-refractivity contribution in [2.75, 3.05) is 7.11 Å². The molecule has 0 fully saturated rings. The lowest BCUT2D eigenvalue weighted by atomic mass is 9.99. The predicted molar refractivity (Wildman–Crippen MR) is 71.5 cm³/mol. The second kappa shape index (κ2) is 7.09. The van der Waals surface area contributed by atoms with Crippen LogP contribution in [-0.2, 0) is 11.2 Å². The number of rotatable bonds is 6. The van der Waals surface area contributed by atoms with Crippen molar-refractivity contribution in [3.05, 3.63) is 34.1 Å². The largest absolute Gasteiger partial charge is 0.380 e. The Morgan fingerprint density at radius 3 is 2.71 bits per heavy atom. The lowest BCUT2D eigenvalue weighted by Crippen LogP contribution is -2.38. The van der Waals surface area contributed by atoms with Crippen molar-refractivity contribution in [3.63, 3.8) is 0 Å². The Morgan fingerprint density at radius 1 is 1.47 bits per heavy atom. The molecule has 0 aliphatic rings. The molecule has 17 heavy (non-hydrogen) atoms. The van der Waals surface area contributed by atoms with E-state index in [9.17, 15) is 4.39 Å². The highest BCUT2D eigenvalue weighted by Gasteiger charge is 2.17. The quantitative estimate of drug-likeness (QED) is 0.875. The Hall–Kier alpha value is -0.450. The molecule has 0 heterocycles. The van der Waals surface area contributed by atoms with Crippen LogP contribution in [0.1, 0.15) is 25.3 Å².